The average Bonchev–Trinajstić information content (AvgIpc) is 3.01. The molecule has 140 valence electrons. The van der Waals surface area contributed by atoms with Crippen molar-refractivity contribution in [1.29, 1.82) is 0 Å². The quantitative estimate of drug-likeness (QED) is 0.755. The summed E-state index contributed by atoms with van der Waals surface area (Å²) in [7, 11) is 1.64. The molecule has 1 aliphatic rings. The average molecular weight is 348 g/mol. The second kappa shape index (κ2) is 9.09. The number of amides is 1. The van der Waals surface area contributed by atoms with Crippen molar-refractivity contribution in [2.75, 3.05) is 13.7 Å². The molecule has 0 heterocycles. The topological polar surface area (TPSA) is 73.6 Å². The molecule has 3 N–H and O–H groups in total. The number of hydrogen-bond donors (Lipinski definition) is 2. The summed E-state index contributed by atoms with van der Waals surface area (Å²) < 4.78 is 11.3. The van der Waals surface area contributed by atoms with E-state index < -0.39 is 0 Å². The Morgan fingerprint density at radius 1 is 1.28 bits per heavy atom. The normalized spacial score (nSPS) is 21.2. The fourth-order valence-electron chi connectivity index (χ4n) is 3.15. The molecule has 2 rings (SSSR count). The van der Waals surface area contributed by atoms with Gasteiger partial charge in [0.1, 0.15) is 0 Å². The lowest BCUT2D eigenvalue weighted by Crippen LogP contribution is -2.32. The first kappa shape index (κ1) is 19.6. The van der Waals surface area contributed by atoms with Crippen LogP contribution in [0.5, 0.6) is 11.5 Å². The summed E-state index contributed by atoms with van der Waals surface area (Å²) in [5, 5.41) is 3.10. The van der Waals surface area contributed by atoms with Gasteiger partial charge in [-0.05, 0) is 56.2 Å². The fraction of sp³-hybridized carbons (Fsp3) is 0.650. The highest BCUT2D eigenvalue weighted by atomic mass is 16.5. The molecule has 0 bridgehead atoms. The molecule has 0 spiro atoms. The molecule has 1 amide bonds. The van der Waals surface area contributed by atoms with E-state index in [0.717, 1.165) is 37.0 Å². The van der Waals surface area contributed by atoms with E-state index in [1.54, 1.807) is 7.11 Å². The van der Waals surface area contributed by atoms with Crippen molar-refractivity contribution >= 4 is 5.91 Å². The highest BCUT2D eigenvalue weighted by Crippen LogP contribution is 2.31. The number of rotatable bonds is 8. The maximum atomic E-state index is 12.4. The highest BCUT2D eigenvalue weighted by Gasteiger charge is 2.28. The standard InChI is InChI=1S/C20H32N2O3/c1-13(2)9-10-25-18-8-6-15(12-19(18)24-4)14(3)22-20(23)16-5-7-17(21)11-16/h6,8,12-14,16-17H,5,7,9-11,21H2,1-4H3,(H,22,23). The molecule has 3 atom stereocenters. The molecule has 25 heavy (non-hydrogen) atoms. The van der Waals surface area contributed by atoms with E-state index in [2.05, 4.69) is 19.2 Å². The molecule has 5 heteroatoms. The first-order chi connectivity index (χ1) is 11.9. The monoisotopic (exact) mass is 348 g/mol. The van der Waals surface area contributed by atoms with E-state index in [1.807, 2.05) is 25.1 Å². The second-order valence-electron chi connectivity index (χ2n) is 7.44. The largest absolute Gasteiger partial charge is 0.493 e. The van der Waals surface area contributed by atoms with Gasteiger partial charge in [-0.1, -0.05) is 19.9 Å². The van der Waals surface area contributed by atoms with Gasteiger partial charge in [0.05, 0.1) is 19.8 Å². The van der Waals surface area contributed by atoms with E-state index in [9.17, 15) is 4.79 Å². The predicted octanol–water partition coefficient (Wildman–Crippen LogP) is 3.42. The van der Waals surface area contributed by atoms with Crippen LogP contribution >= 0.6 is 0 Å². The van der Waals surface area contributed by atoms with Crippen LogP contribution in [-0.4, -0.2) is 25.7 Å². The van der Waals surface area contributed by atoms with Crippen LogP contribution in [0.25, 0.3) is 0 Å². The fourth-order valence-corrected chi connectivity index (χ4v) is 3.15. The Balaban J connectivity index is 1.97. The van der Waals surface area contributed by atoms with Crippen molar-refractivity contribution in [3.05, 3.63) is 23.8 Å². The number of carbonyl (C=O) groups is 1. The minimum Gasteiger partial charge on any atom is -0.493 e. The minimum absolute atomic E-state index is 0.0398. The molecule has 0 saturated heterocycles. The highest BCUT2D eigenvalue weighted by molar-refractivity contribution is 5.79. The van der Waals surface area contributed by atoms with Gasteiger partial charge in [-0.25, -0.2) is 0 Å². The number of methoxy groups -OCH3 is 1. The number of carbonyl (C=O) groups excluding carboxylic acids is 1. The summed E-state index contributed by atoms with van der Waals surface area (Å²) in [4.78, 5) is 12.4. The molecular weight excluding hydrogens is 316 g/mol. The number of ether oxygens (including phenoxy) is 2. The van der Waals surface area contributed by atoms with Gasteiger partial charge < -0.3 is 20.5 Å². The van der Waals surface area contributed by atoms with E-state index in [-0.39, 0.29) is 23.9 Å². The number of hydrogen-bond acceptors (Lipinski definition) is 4. The predicted molar refractivity (Wildman–Crippen MR) is 99.8 cm³/mol. The summed E-state index contributed by atoms with van der Waals surface area (Å²) in [6, 6.07) is 5.92. The van der Waals surface area contributed by atoms with Crippen LogP contribution in [-0.2, 0) is 4.79 Å². The number of nitrogens with two attached hydrogens (primary N) is 1. The maximum Gasteiger partial charge on any atom is 0.223 e. The first-order valence-electron chi connectivity index (χ1n) is 9.27. The molecule has 1 fully saturated rings. The van der Waals surface area contributed by atoms with Crippen molar-refractivity contribution in [1.82, 2.24) is 5.32 Å². The van der Waals surface area contributed by atoms with Crippen molar-refractivity contribution < 1.29 is 14.3 Å². The Labute approximate surface area is 151 Å². The van der Waals surface area contributed by atoms with Gasteiger partial charge in [0.15, 0.2) is 11.5 Å². The Hall–Kier alpha value is -1.75. The van der Waals surface area contributed by atoms with Gasteiger partial charge >= 0.3 is 0 Å². The van der Waals surface area contributed by atoms with Crippen LogP contribution in [0.15, 0.2) is 18.2 Å². The molecule has 1 aromatic carbocycles. The zero-order chi connectivity index (χ0) is 18.4. The maximum absolute atomic E-state index is 12.4. The van der Waals surface area contributed by atoms with Crippen molar-refractivity contribution in [3.8, 4) is 11.5 Å². The summed E-state index contributed by atoms with van der Waals surface area (Å²) in [5.74, 6) is 2.18. The molecule has 3 unspecified atom stereocenters. The van der Waals surface area contributed by atoms with E-state index in [4.69, 9.17) is 15.2 Å². The zero-order valence-electron chi connectivity index (χ0n) is 15.9. The number of benzene rings is 1. The van der Waals surface area contributed by atoms with Crippen LogP contribution in [0, 0.1) is 11.8 Å². The Bertz CT molecular complexity index is 574. The summed E-state index contributed by atoms with van der Waals surface area (Å²) in [5.41, 5.74) is 6.91. The van der Waals surface area contributed by atoms with Gasteiger partial charge in [0, 0.05) is 12.0 Å². The summed E-state index contributed by atoms with van der Waals surface area (Å²) >= 11 is 0. The van der Waals surface area contributed by atoms with Crippen LogP contribution in [0.2, 0.25) is 0 Å². The van der Waals surface area contributed by atoms with Crippen LogP contribution < -0.4 is 20.5 Å². The SMILES string of the molecule is COc1cc(C(C)NC(=O)C2CCC(N)C2)ccc1OCCC(C)C. The van der Waals surface area contributed by atoms with E-state index >= 15 is 0 Å². The smallest absolute Gasteiger partial charge is 0.223 e. The van der Waals surface area contributed by atoms with Gasteiger partial charge in [-0.2, -0.15) is 0 Å². The second-order valence-corrected chi connectivity index (χ2v) is 7.44. The molecular formula is C20H32N2O3. The number of nitrogens with one attached hydrogen (secondary N) is 1. The Kier molecular flexibility index (Phi) is 7.12. The van der Waals surface area contributed by atoms with E-state index in [1.165, 1.54) is 0 Å². The third-order valence-electron chi connectivity index (χ3n) is 4.84. The molecule has 1 aromatic rings. The molecule has 1 saturated carbocycles. The van der Waals surface area contributed by atoms with Crippen LogP contribution in [0.4, 0.5) is 0 Å². The summed E-state index contributed by atoms with van der Waals surface area (Å²) in [6.07, 6.45) is 3.60. The lowest BCUT2D eigenvalue weighted by molar-refractivity contribution is -0.125. The molecule has 5 nitrogen and oxygen atoms in total. The van der Waals surface area contributed by atoms with Gasteiger partial charge in [0.25, 0.3) is 0 Å². The minimum atomic E-state index is -0.0806. The third kappa shape index (κ3) is 5.63. The van der Waals surface area contributed by atoms with Crippen molar-refractivity contribution in [2.45, 2.75) is 58.5 Å². The van der Waals surface area contributed by atoms with Crippen molar-refractivity contribution in [3.63, 3.8) is 0 Å². The Morgan fingerprint density at radius 3 is 2.64 bits per heavy atom. The third-order valence-corrected chi connectivity index (χ3v) is 4.84. The van der Waals surface area contributed by atoms with Gasteiger partial charge in [0.2, 0.25) is 5.91 Å². The Morgan fingerprint density at radius 2 is 2.04 bits per heavy atom. The zero-order valence-corrected chi connectivity index (χ0v) is 15.9. The lowest BCUT2D eigenvalue weighted by atomic mass is 10.0. The first-order valence-corrected chi connectivity index (χ1v) is 9.27. The van der Waals surface area contributed by atoms with Crippen LogP contribution in [0.3, 0.4) is 0 Å². The van der Waals surface area contributed by atoms with Gasteiger partial charge in [-0.3, -0.25) is 4.79 Å². The van der Waals surface area contributed by atoms with Gasteiger partial charge in [-0.15, -0.1) is 0 Å². The lowest BCUT2D eigenvalue weighted by Gasteiger charge is -2.19. The van der Waals surface area contributed by atoms with Crippen molar-refractivity contribution in [2.24, 2.45) is 17.6 Å². The van der Waals surface area contributed by atoms with Crippen LogP contribution in [0.1, 0.15) is 58.1 Å². The van der Waals surface area contributed by atoms with E-state index in [0.29, 0.717) is 18.3 Å². The molecule has 1 aliphatic carbocycles. The summed E-state index contributed by atoms with van der Waals surface area (Å²) in [6.45, 7) is 7.00. The molecule has 0 aromatic heterocycles. The molecule has 0 aliphatic heterocycles. The molecule has 0 radical (unpaired) electrons.